The van der Waals surface area contributed by atoms with E-state index in [0.29, 0.717) is 29.7 Å². The topological polar surface area (TPSA) is 85.4 Å². The van der Waals surface area contributed by atoms with Crippen LogP contribution >= 0.6 is 11.6 Å². The second kappa shape index (κ2) is 3.77. The number of nitrogens with zero attached hydrogens (tertiary/aromatic N) is 3. The fourth-order valence-electron chi connectivity index (χ4n) is 0.847. The van der Waals surface area contributed by atoms with Gasteiger partial charge in [-0.1, -0.05) is 11.6 Å². The number of hydrazone groups is 1. The highest BCUT2D eigenvalue weighted by atomic mass is 35.5. The predicted molar refractivity (Wildman–Crippen MR) is 53.3 cm³/mol. The Hall–Kier alpha value is -1.40. The van der Waals surface area contributed by atoms with Crippen LogP contribution in [0.4, 0.5) is 11.5 Å². The van der Waals surface area contributed by atoms with Crippen LogP contribution in [0.2, 0.25) is 5.02 Å². The van der Waals surface area contributed by atoms with Crippen LogP contribution in [-0.4, -0.2) is 29.1 Å². The molecule has 0 aromatic carbocycles. The number of nitrogens with one attached hydrogen (secondary N) is 1. The average Bonchev–Trinajstić information content (AvgIpc) is 2.09. The number of hydrogen-bond acceptors (Lipinski definition) is 6. The molecule has 74 valence electrons. The zero-order valence-corrected chi connectivity index (χ0v) is 7.95. The first-order chi connectivity index (χ1) is 6.77. The van der Waals surface area contributed by atoms with E-state index in [4.69, 9.17) is 22.1 Å². The molecule has 14 heavy (non-hydrogen) atoms. The van der Waals surface area contributed by atoms with Gasteiger partial charge in [0.2, 0.25) is 0 Å². The third kappa shape index (κ3) is 1.75. The zero-order chi connectivity index (χ0) is 9.97. The summed E-state index contributed by atoms with van der Waals surface area (Å²) in [6, 6.07) is 0. The lowest BCUT2D eigenvalue weighted by molar-refractivity contribution is 0.159. The molecule has 0 saturated carbocycles. The molecule has 0 unspecified atom stereocenters. The lowest BCUT2D eigenvalue weighted by Gasteiger charge is -2.15. The first-order valence-corrected chi connectivity index (χ1v) is 4.31. The number of anilines is 2. The van der Waals surface area contributed by atoms with Crippen LogP contribution in [0.1, 0.15) is 0 Å². The van der Waals surface area contributed by atoms with Crippen molar-refractivity contribution in [2.45, 2.75) is 0 Å². The summed E-state index contributed by atoms with van der Waals surface area (Å²) >= 11 is 5.85. The minimum Gasteiger partial charge on any atom is -0.396 e. The van der Waals surface area contributed by atoms with Crippen molar-refractivity contribution in [3.05, 3.63) is 11.2 Å². The van der Waals surface area contributed by atoms with Crippen molar-refractivity contribution in [3.63, 3.8) is 0 Å². The summed E-state index contributed by atoms with van der Waals surface area (Å²) in [4.78, 5) is 0. The Morgan fingerprint density at radius 2 is 2.36 bits per heavy atom. The molecule has 0 radical (unpaired) electrons. The Balaban J connectivity index is 2.12. The number of halogens is 1. The van der Waals surface area contributed by atoms with E-state index in [2.05, 4.69) is 20.7 Å². The van der Waals surface area contributed by atoms with Crippen LogP contribution < -0.4 is 11.2 Å². The maximum absolute atomic E-state index is 5.85. The van der Waals surface area contributed by atoms with Gasteiger partial charge in [-0.25, -0.2) is 0 Å². The van der Waals surface area contributed by atoms with E-state index in [1.807, 2.05) is 0 Å². The van der Waals surface area contributed by atoms with Crippen molar-refractivity contribution in [1.82, 2.24) is 10.2 Å². The lowest BCUT2D eigenvalue weighted by atomic mass is 10.3. The number of ether oxygens (including phenoxy) is 1. The van der Waals surface area contributed by atoms with Crippen LogP contribution in [0.5, 0.6) is 0 Å². The van der Waals surface area contributed by atoms with Crippen molar-refractivity contribution < 1.29 is 4.74 Å². The third-order valence-electron chi connectivity index (χ3n) is 1.67. The van der Waals surface area contributed by atoms with Crippen molar-refractivity contribution in [2.75, 3.05) is 24.4 Å². The lowest BCUT2D eigenvalue weighted by Crippen LogP contribution is -2.28. The SMILES string of the molecule is Nc1cnnc(NN=C2COC2)c1Cl. The molecular weight excluding hydrogens is 206 g/mol. The highest BCUT2D eigenvalue weighted by Gasteiger charge is 2.11. The Morgan fingerprint density at radius 3 is 3.00 bits per heavy atom. The molecule has 0 atom stereocenters. The summed E-state index contributed by atoms with van der Waals surface area (Å²) < 4.78 is 4.91. The van der Waals surface area contributed by atoms with Gasteiger partial charge in [-0.3, -0.25) is 5.43 Å². The smallest absolute Gasteiger partial charge is 0.189 e. The minimum absolute atomic E-state index is 0.324. The second-order valence-corrected chi connectivity index (χ2v) is 3.12. The van der Waals surface area contributed by atoms with Gasteiger partial charge in [-0.2, -0.15) is 10.2 Å². The fourth-order valence-corrected chi connectivity index (χ4v) is 0.976. The summed E-state index contributed by atoms with van der Waals surface area (Å²) in [5.41, 5.74) is 9.48. The molecule has 0 aliphatic carbocycles. The van der Waals surface area contributed by atoms with Gasteiger partial charge >= 0.3 is 0 Å². The van der Waals surface area contributed by atoms with Gasteiger partial charge in [-0.05, 0) is 0 Å². The molecule has 0 amide bonds. The number of nitrogens with two attached hydrogens (primary N) is 1. The van der Waals surface area contributed by atoms with Crippen LogP contribution in [0.3, 0.4) is 0 Å². The molecule has 1 aromatic heterocycles. The number of hydrogen-bond donors (Lipinski definition) is 2. The molecule has 6 nitrogen and oxygen atoms in total. The first-order valence-electron chi connectivity index (χ1n) is 3.93. The summed E-state index contributed by atoms with van der Waals surface area (Å²) in [6.07, 6.45) is 1.38. The molecule has 7 heteroatoms. The van der Waals surface area contributed by atoms with E-state index >= 15 is 0 Å². The number of aromatic nitrogens is 2. The van der Waals surface area contributed by atoms with Gasteiger partial charge in [0.1, 0.15) is 5.02 Å². The van der Waals surface area contributed by atoms with E-state index < -0.39 is 0 Å². The van der Waals surface area contributed by atoms with E-state index in [1.54, 1.807) is 0 Å². The maximum Gasteiger partial charge on any atom is 0.189 e. The quantitative estimate of drug-likeness (QED) is 0.700. The standard InChI is InChI=1S/C7H8ClN5O/c8-6-5(9)1-10-12-7(6)13-11-4-2-14-3-4/h1H,2-3H2,(H3,9,12,13). The molecular formula is C7H8ClN5O. The molecule has 1 aliphatic rings. The predicted octanol–water partition coefficient (Wildman–Crippen LogP) is 0.510. The fraction of sp³-hybridized carbons (Fsp3) is 0.286. The summed E-state index contributed by atoms with van der Waals surface area (Å²) in [5.74, 6) is 0.353. The van der Waals surface area contributed by atoms with Gasteiger partial charge < -0.3 is 10.5 Å². The second-order valence-electron chi connectivity index (χ2n) is 2.75. The van der Waals surface area contributed by atoms with Crippen molar-refractivity contribution in [2.24, 2.45) is 5.10 Å². The van der Waals surface area contributed by atoms with Gasteiger partial charge in [-0.15, -0.1) is 5.10 Å². The van der Waals surface area contributed by atoms with E-state index in [9.17, 15) is 0 Å². The molecule has 3 N–H and O–H groups in total. The first kappa shape index (κ1) is 9.17. The molecule has 2 heterocycles. The van der Waals surface area contributed by atoms with Crippen molar-refractivity contribution in [3.8, 4) is 0 Å². The van der Waals surface area contributed by atoms with E-state index in [-0.39, 0.29) is 0 Å². The van der Waals surface area contributed by atoms with Crippen LogP contribution in [0.25, 0.3) is 0 Å². The minimum atomic E-state index is 0.324. The third-order valence-corrected chi connectivity index (χ3v) is 2.07. The van der Waals surface area contributed by atoms with Gasteiger partial charge in [0.15, 0.2) is 5.82 Å². The van der Waals surface area contributed by atoms with Crippen LogP contribution in [0, 0.1) is 0 Å². The molecule has 0 spiro atoms. The monoisotopic (exact) mass is 213 g/mol. The van der Waals surface area contributed by atoms with Crippen molar-refractivity contribution >= 4 is 28.8 Å². The highest BCUT2D eigenvalue weighted by molar-refractivity contribution is 6.35. The van der Waals surface area contributed by atoms with Gasteiger partial charge in [0.25, 0.3) is 0 Å². The van der Waals surface area contributed by atoms with Crippen LogP contribution in [0.15, 0.2) is 11.3 Å². The number of rotatable bonds is 2. The Bertz CT molecular complexity index is 374. The molecule has 1 fully saturated rings. The molecule has 2 rings (SSSR count). The van der Waals surface area contributed by atoms with Crippen LogP contribution in [-0.2, 0) is 4.74 Å². The average molecular weight is 214 g/mol. The Labute approximate surface area is 85.1 Å². The Morgan fingerprint density at radius 1 is 1.57 bits per heavy atom. The summed E-state index contributed by atoms with van der Waals surface area (Å²) in [5, 5.41) is 11.7. The molecule has 0 bridgehead atoms. The molecule has 1 aromatic rings. The normalized spacial score (nSPS) is 14.8. The highest BCUT2D eigenvalue weighted by Crippen LogP contribution is 2.23. The van der Waals surface area contributed by atoms with E-state index in [0.717, 1.165) is 5.71 Å². The van der Waals surface area contributed by atoms with E-state index in [1.165, 1.54) is 6.20 Å². The Kier molecular flexibility index (Phi) is 2.47. The maximum atomic E-state index is 5.85. The summed E-state index contributed by atoms with van der Waals surface area (Å²) in [7, 11) is 0. The van der Waals surface area contributed by atoms with Crippen molar-refractivity contribution in [1.29, 1.82) is 0 Å². The van der Waals surface area contributed by atoms with Gasteiger partial charge in [0, 0.05) is 0 Å². The largest absolute Gasteiger partial charge is 0.396 e. The number of nitrogen functional groups attached to an aromatic ring is 1. The van der Waals surface area contributed by atoms with Gasteiger partial charge in [0.05, 0.1) is 30.8 Å². The summed E-state index contributed by atoms with van der Waals surface area (Å²) in [6.45, 7) is 1.08. The molecule has 1 aliphatic heterocycles. The molecule has 1 saturated heterocycles. The zero-order valence-electron chi connectivity index (χ0n) is 7.20.